The molecule has 154 valence electrons. The fourth-order valence-corrected chi connectivity index (χ4v) is 4.18. The van der Waals surface area contributed by atoms with E-state index >= 15 is 0 Å². The van der Waals surface area contributed by atoms with Gasteiger partial charge in [0.1, 0.15) is 0 Å². The average molecular weight is 422 g/mol. The van der Waals surface area contributed by atoms with Crippen LogP contribution in [-0.4, -0.2) is 26.9 Å². The van der Waals surface area contributed by atoms with Gasteiger partial charge in [-0.3, -0.25) is 14.6 Å². The van der Waals surface area contributed by atoms with Gasteiger partial charge < -0.3 is 9.47 Å². The number of aryl methyl sites for hydroxylation is 1. The SMILES string of the molecule is Cn1cc(C(=O)N2CCCC[C@H]2c2ccc(Cc3ccccc3Cl)nc2)ccc1=O. The second kappa shape index (κ2) is 8.84. The van der Waals surface area contributed by atoms with Crippen LogP contribution in [0.1, 0.15) is 52.5 Å². The van der Waals surface area contributed by atoms with E-state index in [0.29, 0.717) is 18.5 Å². The third kappa shape index (κ3) is 4.31. The monoisotopic (exact) mass is 421 g/mol. The van der Waals surface area contributed by atoms with Crippen molar-refractivity contribution in [3.63, 3.8) is 0 Å². The molecule has 0 spiro atoms. The van der Waals surface area contributed by atoms with Crippen molar-refractivity contribution >= 4 is 17.5 Å². The van der Waals surface area contributed by atoms with Crippen LogP contribution in [0, 0.1) is 0 Å². The maximum Gasteiger partial charge on any atom is 0.255 e. The molecule has 4 rings (SSSR count). The lowest BCUT2D eigenvalue weighted by Crippen LogP contribution is -2.39. The van der Waals surface area contributed by atoms with E-state index < -0.39 is 0 Å². The number of amides is 1. The minimum absolute atomic E-state index is 0.00894. The Balaban J connectivity index is 1.55. The van der Waals surface area contributed by atoms with Crippen LogP contribution in [0.3, 0.4) is 0 Å². The topological polar surface area (TPSA) is 55.2 Å². The second-order valence-corrected chi connectivity index (χ2v) is 8.14. The van der Waals surface area contributed by atoms with E-state index in [9.17, 15) is 9.59 Å². The van der Waals surface area contributed by atoms with Crippen LogP contribution >= 0.6 is 11.6 Å². The number of benzene rings is 1. The molecule has 1 atom stereocenters. The lowest BCUT2D eigenvalue weighted by molar-refractivity contribution is 0.0610. The van der Waals surface area contributed by atoms with E-state index in [2.05, 4.69) is 11.1 Å². The Bertz CT molecular complexity index is 1110. The van der Waals surface area contributed by atoms with Crippen molar-refractivity contribution in [2.24, 2.45) is 7.05 Å². The van der Waals surface area contributed by atoms with Gasteiger partial charge in [-0.2, -0.15) is 0 Å². The molecule has 1 fully saturated rings. The first-order valence-electron chi connectivity index (χ1n) is 10.2. The van der Waals surface area contributed by atoms with E-state index in [-0.39, 0.29) is 17.5 Å². The summed E-state index contributed by atoms with van der Waals surface area (Å²) < 4.78 is 1.44. The number of likely N-dealkylation sites (tertiary alicyclic amines) is 1. The van der Waals surface area contributed by atoms with Gasteiger partial charge in [-0.15, -0.1) is 0 Å². The summed E-state index contributed by atoms with van der Waals surface area (Å²) in [6, 6.07) is 14.9. The second-order valence-electron chi connectivity index (χ2n) is 7.73. The van der Waals surface area contributed by atoms with Gasteiger partial charge in [0.15, 0.2) is 0 Å². The highest BCUT2D eigenvalue weighted by molar-refractivity contribution is 6.31. The van der Waals surface area contributed by atoms with Gasteiger partial charge in [0.2, 0.25) is 5.56 Å². The third-order valence-corrected chi connectivity index (χ3v) is 6.03. The van der Waals surface area contributed by atoms with Gasteiger partial charge in [-0.25, -0.2) is 0 Å². The van der Waals surface area contributed by atoms with E-state index in [1.54, 1.807) is 19.3 Å². The van der Waals surface area contributed by atoms with Gasteiger partial charge >= 0.3 is 0 Å². The molecular weight excluding hydrogens is 398 g/mol. The fourth-order valence-electron chi connectivity index (χ4n) is 3.98. The molecule has 0 bridgehead atoms. The summed E-state index contributed by atoms with van der Waals surface area (Å²) in [6.07, 6.45) is 7.12. The average Bonchev–Trinajstić information content (AvgIpc) is 2.77. The first-order chi connectivity index (χ1) is 14.5. The molecule has 1 aromatic carbocycles. The fraction of sp³-hybridized carbons (Fsp3) is 0.292. The Labute approximate surface area is 180 Å². The predicted octanol–water partition coefficient (Wildman–Crippen LogP) is 4.39. The van der Waals surface area contributed by atoms with Crippen molar-refractivity contribution in [1.82, 2.24) is 14.5 Å². The van der Waals surface area contributed by atoms with Gasteiger partial charge in [-0.05, 0) is 48.6 Å². The highest BCUT2D eigenvalue weighted by Crippen LogP contribution is 2.32. The number of carbonyl (C=O) groups excluding carboxylic acids is 1. The van der Waals surface area contributed by atoms with Crippen molar-refractivity contribution in [3.05, 3.63) is 98.7 Å². The summed E-state index contributed by atoms with van der Waals surface area (Å²) in [5.41, 5.74) is 3.44. The molecule has 1 aliphatic heterocycles. The summed E-state index contributed by atoms with van der Waals surface area (Å²) >= 11 is 6.27. The molecule has 5 nitrogen and oxygen atoms in total. The first-order valence-corrected chi connectivity index (χ1v) is 10.6. The van der Waals surface area contributed by atoms with Crippen LogP contribution < -0.4 is 5.56 Å². The summed E-state index contributed by atoms with van der Waals surface area (Å²) in [5, 5.41) is 0.740. The van der Waals surface area contributed by atoms with Crippen molar-refractivity contribution < 1.29 is 4.79 Å². The summed E-state index contributed by atoms with van der Waals surface area (Å²) in [4.78, 5) is 31.4. The van der Waals surface area contributed by atoms with E-state index in [1.807, 2.05) is 41.4 Å². The standard InChI is InChI=1S/C24H24ClN3O2/c1-27-16-19(10-12-23(27)29)24(30)28-13-5-4-8-22(28)18-9-11-20(26-15-18)14-17-6-2-3-7-21(17)25/h2-3,6-7,9-12,15-16,22H,4-5,8,13-14H2,1H3/t22-/m0/s1. The van der Waals surface area contributed by atoms with Gasteiger partial charge in [0.05, 0.1) is 11.6 Å². The van der Waals surface area contributed by atoms with E-state index in [1.165, 1.54) is 10.6 Å². The molecule has 0 saturated carbocycles. The largest absolute Gasteiger partial charge is 0.332 e. The normalized spacial score (nSPS) is 16.5. The van der Waals surface area contributed by atoms with E-state index in [0.717, 1.165) is 41.1 Å². The van der Waals surface area contributed by atoms with Crippen LogP contribution in [0.15, 0.2) is 65.7 Å². The maximum atomic E-state index is 13.2. The Morgan fingerprint density at radius 3 is 2.70 bits per heavy atom. The first kappa shape index (κ1) is 20.4. The van der Waals surface area contributed by atoms with Crippen molar-refractivity contribution in [1.29, 1.82) is 0 Å². The van der Waals surface area contributed by atoms with Crippen molar-refractivity contribution in [2.45, 2.75) is 31.7 Å². The lowest BCUT2D eigenvalue weighted by Gasteiger charge is -2.36. The van der Waals surface area contributed by atoms with Crippen LogP contribution in [0.25, 0.3) is 0 Å². The number of nitrogens with zero attached hydrogens (tertiary/aromatic N) is 3. The molecule has 3 aromatic rings. The van der Waals surface area contributed by atoms with Crippen molar-refractivity contribution in [2.75, 3.05) is 6.54 Å². The molecular formula is C24H24ClN3O2. The van der Waals surface area contributed by atoms with Crippen LogP contribution in [0.4, 0.5) is 0 Å². The zero-order chi connectivity index (χ0) is 21.1. The predicted molar refractivity (Wildman–Crippen MR) is 118 cm³/mol. The molecule has 30 heavy (non-hydrogen) atoms. The third-order valence-electron chi connectivity index (χ3n) is 5.66. The Kier molecular flexibility index (Phi) is 6.00. The molecule has 0 unspecified atom stereocenters. The minimum atomic E-state index is -0.125. The number of aromatic nitrogens is 2. The molecule has 6 heteroatoms. The van der Waals surface area contributed by atoms with Gasteiger partial charge in [0.25, 0.3) is 5.91 Å². The van der Waals surface area contributed by atoms with Gasteiger partial charge in [0, 0.05) is 49.2 Å². The highest BCUT2D eigenvalue weighted by Gasteiger charge is 2.29. The number of rotatable bonds is 4. The maximum absolute atomic E-state index is 13.2. The quantitative estimate of drug-likeness (QED) is 0.627. The number of halogens is 1. The molecule has 0 aliphatic carbocycles. The molecule has 0 N–H and O–H groups in total. The number of hydrogen-bond donors (Lipinski definition) is 0. The molecule has 1 aliphatic rings. The Hall–Kier alpha value is -2.92. The summed E-state index contributed by atoms with van der Waals surface area (Å²) in [6.45, 7) is 0.702. The molecule has 1 amide bonds. The summed E-state index contributed by atoms with van der Waals surface area (Å²) in [5.74, 6) is -0.0459. The Morgan fingerprint density at radius 2 is 1.97 bits per heavy atom. The smallest absolute Gasteiger partial charge is 0.255 e. The minimum Gasteiger partial charge on any atom is -0.332 e. The zero-order valence-electron chi connectivity index (χ0n) is 16.9. The molecule has 1 saturated heterocycles. The number of pyridine rings is 2. The Morgan fingerprint density at radius 1 is 1.13 bits per heavy atom. The molecule has 2 aromatic heterocycles. The van der Waals surface area contributed by atoms with E-state index in [4.69, 9.17) is 11.6 Å². The number of hydrogen-bond acceptors (Lipinski definition) is 3. The van der Waals surface area contributed by atoms with Crippen LogP contribution in [0.2, 0.25) is 5.02 Å². The number of carbonyl (C=O) groups is 1. The molecule has 3 heterocycles. The molecule has 0 radical (unpaired) electrons. The highest BCUT2D eigenvalue weighted by atomic mass is 35.5. The van der Waals surface area contributed by atoms with Crippen molar-refractivity contribution in [3.8, 4) is 0 Å². The zero-order valence-corrected chi connectivity index (χ0v) is 17.7. The summed E-state index contributed by atoms with van der Waals surface area (Å²) in [7, 11) is 1.66. The lowest BCUT2D eigenvalue weighted by atomic mass is 9.95. The van der Waals surface area contributed by atoms with Crippen LogP contribution in [-0.2, 0) is 13.5 Å². The van der Waals surface area contributed by atoms with Gasteiger partial charge in [-0.1, -0.05) is 35.9 Å². The number of piperidine rings is 1. The van der Waals surface area contributed by atoms with Crippen LogP contribution in [0.5, 0.6) is 0 Å².